The summed E-state index contributed by atoms with van der Waals surface area (Å²) in [5.74, 6) is -0.318. The van der Waals surface area contributed by atoms with E-state index in [1.165, 1.54) is 17.2 Å². The number of benzene rings is 2. The number of hydrogen-bond donors (Lipinski definition) is 1. The molecule has 1 aromatic heterocycles. The van der Waals surface area contributed by atoms with Crippen molar-refractivity contribution in [2.75, 3.05) is 36.4 Å². The van der Waals surface area contributed by atoms with Gasteiger partial charge >= 0.3 is 6.03 Å². The predicted octanol–water partition coefficient (Wildman–Crippen LogP) is 4.62. The number of carbonyl (C=O) groups is 1. The first-order valence-corrected chi connectivity index (χ1v) is 11.0. The largest absolute Gasteiger partial charge is 0.353 e. The number of carbonyl (C=O) groups excluding carboxylic acids is 1. The minimum absolute atomic E-state index is 0.226. The molecule has 172 valence electrons. The molecule has 1 aliphatic rings. The highest BCUT2D eigenvalue weighted by molar-refractivity contribution is 5.89. The van der Waals surface area contributed by atoms with Gasteiger partial charge in [0.2, 0.25) is 0 Å². The fraction of sp³-hybridized carbons (Fsp3) is 0.320. The van der Waals surface area contributed by atoms with Crippen LogP contribution in [0.15, 0.2) is 42.5 Å². The molecule has 2 aromatic carbocycles. The Kier molecular flexibility index (Phi) is 6.53. The van der Waals surface area contributed by atoms with E-state index in [1.54, 1.807) is 4.90 Å². The Balaban J connectivity index is 1.46. The van der Waals surface area contributed by atoms with Crippen molar-refractivity contribution in [1.29, 1.82) is 0 Å². The summed E-state index contributed by atoms with van der Waals surface area (Å²) in [7, 11) is 0. The lowest BCUT2D eigenvalue weighted by Crippen LogP contribution is -2.50. The van der Waals surface area contributed by atoms with Gasteiger partial charge < -0.3 is 15.1 Å². The van der Waals surface area contributed by atoms with Crippen molar-refractivity contribution < 1.29 is 13.6 Å². The standard InChI is InChI=1S/C25H27F2N5O/c1-16-4-6-19(7-5-16)14-21-17(2)28-18(3)29-24(21)31-10-12-32(13-11-31)25(33)30-20-8-9-22(26)23(27)15-20/h4-9,15H,10-14H2,1-3H3,(H,30,33). The van der Waals surface area contributed by atoms with Gasteiger partial charge in [-0.05, 0) is 38.5 Å². The summed E-state index contributed by atoms with van der Waals surface area (Å²) >= 11 is 0. The highest BCUT2D eigenvalue weighted by Crippen LogP contribution is 2.25. The molecular formula is C25H27F2N5O. The summed E-state index contributed by atoms with van der Waals surface area (Å²) in [6, 6.07) is 11.4. The number of nitrogens with zero attached hydrogens (tertiary/aromatic N) is 4. The molecule has 33 heavy (non-hydrogen) atoms. The van der Waals surface area contributed by atoms with Crippen LogP contribution in [-0.2, 0) is 6.42 Å². The van der Waals surface area contributed by atoms with E-state index in [0.29, 0.717) is 32.0 Å². The molecule has 1 saturated heterocycles. The lowest BCUT2D eigenvalue weighted by molar-refractivity contribution is 0.208. The number of amides is 2. The van der Waals surface area contributed by atoms with Crippen molar-refractivity contribution in [2.24, 2.45) is 0 Å². The Hall–Kier alpha value is -3.55. The third kappa shape index (κ3) is 5.27. The Labute approximate surface area is 192 Å². The normalized spacial score (nSPS) is 13.8. The van der Waals surface area contributed by atoms with Crippen LogP contribution >= 0.6 is 0 Å². The van der Waals surface area contributed by atoms with Gasteiger partial charge in [0.1, 0.15) is 11.6 Å². The van der Waals surface area contributed by atoms with E-state index >= 15 is 0 Å². The van der Waals surface area contributed by atoms with Crippen molar-refractivity contribution in [3.8, 4) is 0 Å². The molecule has 1 N–H and O–H groups in total. The molecule has 1 fully saturated rings. The summed E-state index contributed by atoms with van der Waals surface area (Å²) < 4.78 is 26.6. The van der Waals surface area contributed by atoms with E-state index in [4.69, 9.17) is 4.98 Å². The molecule has 0 unspecified atom stereocenters. The van der Waals surface area contributed by atoms with Crippen LogP contribution in [0.3, 0.4) is 0 Å². The summed E-state index contributed by atoms with van der Waals surface area (Å²) in [5.41, 5.74) is 4.68. The van der Waals surface area contributed by atoms with Gasteiger partial charge in [-0.2, -0.15) is 0 Å². The van der Waals surface area contributed by atoms with E-state index in [-0.39, 0.29) is 11.7 Å². The van der Waals surface area contributed by atoms with Gasteiger partial charge in [0, 0.05) is 55.6 Å². The van der Waals surface area contributed by atoms with Gasteiger partial charge in [0.25, 0.3) is 0 Å². The molecule has 6 nitrogen and oxygen atoms in total. The molecular weight excluding hydrogens is 424 g/mol. The second kappa shape index (κ2) is 9.52. The first-order valence-electron chi connectivity index (χ1n) is 11.0. The number of hydrogen-bond acceptors (Lipinski definition) is 4. The second-order valence-corrected chi connectivity index (χ2v) is 8.35. The van der Waals surface area contributed by atoms with Crippen LogP contribution in [0.4, 0.5) is 25.1 Å². The minimum Gasteiger partial charge on any atom is -0.353 e. The first kappa shape index (κ1) is 22.6. The maximum atomic E-state index is 13.4. The molecule has 0 aliphatic carbocycles. The zero-order chi connectivity index (χ0) is 23.5. The third-order valence-electron chi connectivity index (χ3n) is 5.84. The maximum Gasteiger partial charge on any atom is 0.321 e. The van der Waals surface area contributed by atoms with Crippen molar-refractivity contribution in [2.45, 2.75) is 27.2 Å². The zero-order valence-corrected chi connectivity index (χ0v) is 19.0. The molecule has 2 heterocycles. The molecule has 3 aromatic rings. The molecule has 0 spiro atoms. The third-order valence-corrected chi connectivity index (χ3v) is 5.84. The number of anilines is 2. The lowest BCUT2D eigenvalue weighted by Gasteiger charge is -2.36. The smallest absolute Gasteiger partial charge is 0.321 e. The Morgan fingerprint density at radius 1 is 0.939 bits per heavy atom. The quantitative estimate of drug-likeness (QED) is 0.629. The SMILES string of the molecule is Cc1ccc(Cc2c(C)nc(C)nc2N2CCN(C(=O)Nc3ccc(F)c(F)c3)CC2)cc1. The van der Waals surface area contributed by atoms with E-state index < -0.39 is 11.6 Å². The molecule has 0 saturated carbocycles. The van der Waals surface area contributed by atoms with E-state index in [1.807, 2.05) is 13.8 Å². The molecule has 0 bridgehead atoms. The van der Waals surface area contributed by atoms with Crippen LogP contribution in [0.25, 0.3) is 0 Å². The van der Waals surface area contributed by atoms with Crippen LogP contribution in [0.5, 0.6) is 0 Å². The summed E-state index contributed by atoms with van der Waals surface area (Å²) in [6.07, 6.45) is 0.735. The average Bonchev–Trinajstić information content (AvgIpc) is 2.79. The molecule has 1 aliphatic heterocycles. The van der Waals surface area contributed by atoms with E-state index in [9.17, 15) is 13.6 Å². The number of halogens is 2. The van der Waals surface area contributed by atoms with Crippen LogP contribution in [-0.4, -0.2) is 47.1 Å². The Morgan fingerprint density at radius 3 is 2.30 bits per heavy atom. The van der Waals surface area contributed by atoms with Gasteiger partial charge in [0.15, 0.2) is 11.6 Å². The van der Waals surface area contributed by atoms with Crippen LogP contribution in [0, 0.1) is 32.4 Å². The van der Waals surface area contributed by atoms with E-state index in [2.05, 4.69) is 46.4 Å². The number of nitrogens with one attached hydrogen (secondary N) is 1. The highest BCUT2D eigenvalue weighted by Gasteiger charge is 2.25. The number of aryl methyl sites for hydroxylation is 3. The first-order chi connectivity index (χ1) is 15.8. The van der Waals surface area contributed by atoms with E-state index in [0.717, 1.165) is 35.6 Å². The highest BCUT2D eigenvalue weighted by atomic mass is 19.2. The maximum absolute atomic E-state index is 13.4. The topological polar surface area (TPSA) is 61.4 Å². The fourth-order valence-electron chi connectivity index (χ4n) is 3.99. The molecule has 4 rings (SSSR count). The van der Waals surface area contributed by atoms with Crippen molar-refractivity contribution >= 4 is 17.5 Å². The second-order valence-electron chi connectivity index (χ2n) is 8.35. The van der Waals surface area contributed by atoms with Crippen LogP contribution in [0.2, 0.25) is 0 Å². The minimum atomic E-state index is -0.992. The fourth-order valence-corrected chi connectivity index (χ4v) is 3.99. The number of rotatable bonds is 4. The van der Waals surface area contributed by atoms with Crippen molar-refractivity contribution in [1.82, 2.24) is 14.9 Å². The van der Waals surface area contributed by atoms with Crippen molar-refractivity contribution in [3.05, 3.63) is 82.3 Å². The van der Waals surface area contributed by atoms with Crippen molar-refractivity contribution in [3.63, 3.8) is 0 Å². The number of urea groups is 1. The molecule has 8 heteroatoms. The molecule has 2 amide bonds. The number of aromatic nitrogens is 2. The van der Waals surface area contributed by atoms with Gasteiger partial charge in [0.05, 0.1) is 0 Å². The number of piperazine rings is 1. The summed E-state index contributed by atoms with van der Waals surface area (Å²) in [5, 5.41) is 2.64. The molecule has 0 radical (unpaired) electrons. The summed E-state index contributed by atoms with van der Waals surface area (Å²) in [4.78, 5) is 25.8. The monoisotopic (exact) mass is 451 g/mol. The van der Waals surface area contributed by atoms with Gasteiger partial charge in [-0.25, -0.2) is 23.5 Å². The van der Waals surface area contributed by atoms with Gasteiger partial charge in [-0.15, -0.1) is 0 Å². The molecule has 0 atom stereocenters. The van der Waals surface area contributed by atoms with Gasteiger partial charge in [-0.1, -0.05) is 29.8 Å². The Bertz CT molecular complexity index is 1160. The average molecular weight is 452 g/mol. The zero-order valence-electron chi connectivity index (χ0n) is 19.0. The summed E-state index contributed by atoms with van der Waals surface area (Å²) in [6.45, 7) is 8.16. The van der Waals surface area contributed by atoms with Crippen LogP contribution in [0.1, 0.15) is 28.2 Å². The predicted molar refractivity (Wildman–Crippen MR) is 125 cm³/mol. The lowest BCUT2D eigenvalue weighted by atomic mass is 10.0. The van der Waals surface area contributed by atoms with Gasteiger partial charge in [-0.3, -0.25) is 0 Å². The Morgan fingerprint density at radius 2 is 1.64 bits per heavy atom. The van der Waals surface area contributed by atoms with Crippen LogP contribution < -0.4 is 10.2 Å².